The van der Waals surface area contributed by atoms with Gasteiger partial charge in [0.25, 0.3) is 0 Å². The molecule has 0 amide bonds. The van der Waals surface area contributed by atoms with Crippen LogP contribution in [0.25, 0.3) is 0 Å². The number of nitrogens with one attached hydrogen (secondary N) is 1. The fraction of sp³-hybridized carbons (Fsp3) is 0.667. The topological polar surface area (TPSA) is 53.8 Å². The monoisotopic (exact) mass is 99.0 g/mol. The zero-order valence-electron chi connectivity index (χ0n) is 3.66. The first kappa shape index (κ1) is 4.23. The average molecular weight is 99.1 g/mol. The van der Waals surface area contributed by atoms with Crippen LogP contribution in [-0.2, 0) is 4.79 Å². The summed E-state index contributed by atoms with van der Waals surface area (Å²) in [4.78, 5) is 9.82. The molecule has 1 aliphatic rings. The van der Waals surface area contributed by atoms with Gasteiger partial charge in [0.15, 0.2) is 0 Å². The Labute approximate surface area is 40.6 Å². The lowest BCUT2D eigenvalue weighted by molar-refractivity contribution is -0.109. The SMILES string of the molecule is O=CC1CN=NN1. The van der Waals surface area contributed by atoms with Gasteiger partial charge >= 0.3 is 0 Å². The maximum atomic E-state index is 9.82. The molecule has 38 valence electrons. The minimum Gasteiger partial charge on any atom is -0.301 e. The van der Waals surface area contributed by atoms with Crippen LogP contribution < -0.4 is 5.43 Å². The molecule has 1 rings (SSSR count). The van der Waals surface area contributed by atoms with E-state index in [9.17, 15) is 4.79 Å². The second-order valence-electron chi connectivity index (χ2n) is 1.30. The normalized spacial score (nSPS) is 27.1. The Hall–Kier alpha value is -0.930. The van der Waals surface area contributed by atoms with Crippen LogP contribution in [-0.4, -0.2) is 18.9 Å². The van der Waals surface area contributed by atoms with Gasteiger partial charge in [-0.3, -0.25) is 5.43 Å². The molecule has 7 heavy (non-hydrogen) atoms. The number of nitrogens with zero attached hydrogens (tertiary/aromatic N) is 2. The lowest BCUT2D eigenvalue weighted by Gasteiger charge is -1.90. The fourth-order valence-corrected chi connectivity index (χ4v) is 0.358. The van der Waals surface area contributed by atoms with Crippen molar-refractivity contribution in [2.75, 3.05) is 6.54 Å². The quantitative estimate of drug-likeness (QED) is 0.451. The van der Waals surface area contributed by atoms with Crippen molar-refractivity contribution in [2.45, 2.75) is 6.04 Å². The third-order valence-electron chi connectivity index (χ3n) is 0.737. The molecule has 0 aromatic heterocycles. The smallest absolute Gasteiger partial charge is 0.145 e. The van der Waals surface area contributed by atoms with Crippen LogP contribution >= 0.6 is 0 Å². The molecule has 1 heterocycles. The number of aldehydes is 1. The van der Waals surface area contributed by atoms with Crippen molar-refractivity contribution in [1.29, 1.82) is 0 Å². The van der Waals surface area contributed by atoms with Crippen molar-refractivity contribution in [3.05, 3.63) is 0 Å². The standard InChI is InChI=1S/C3H5N3O/c7-2-3-1-4-6-5-3/h2-3H,1H2,(H,4,5). The predicted molar refractivity (Wildman–Crippen MR) is 22.7 cm³/mol. The van der Waals surface area contributed by atoms with Gasteiger partial charge in [0, 0.05) is 0 Å². The molecule has 0 aliphatic carbocycles. The first-order chi connectivity index (χ1) is 3.43. The summed E-state index contributed by atoms with van der Waals surface area (Å²) >= 11 is 0. The van der Waals surface area contributed by atoms with E-state index in [1.807, 2.05) is 0 Å². The van der Waals surface area contributed by atoms with Crippen molar-refractivity contribution in [2.24, 2.45) is 10.3 Å². The first-order valence-electron chi connectivity index (χ1n) is 2.01. The molecule has 0 spiro atoms. The zero-order chi connectivity index (χ0) is 5.11. The molecule has 1 unspecified atom stereocenters. The first-order valence-corrected chi connectivity index (χ1v) is 2.01. The van der Waals surface area contributed by atoms with Crippen LogP contribution in [0.4, 0.5) is 0 Å². The molecule has 0 radical (unpaired) electrons. The van der Waals surface area contributed by atoms with Crippen molar-refractivity contribution < 1.29 is 4.79 Å². The molecule has 1 atom stereocenters. The summed E-state index contributed by atoms with van der Waals surface area (Å²) in [7, 11) is 0. The summed E-state index contributed by atoms with van der Waals surface area (Å²) in [6, 6.07) is -0.167. The second-order valence-corrected chi connectivity index (χ2v) is 1.30. The molecule has 1 aliphatic heterocycles. The summed E-state index contributed by atoms with van der Waals surface area (Å²) in [5.74, 6) is 0. The van der Waals surface area contributed by atoms with E-state index in [2.05, 4.69) is 15.8 Å². The molecule has 4 nitrogen and oxygen atoms in total. The van der Waals surface area contributed by atoms with Gasteiger partial charge in [-0.05, 0) is 0 Å². The molecule has 0 fully saturated rings. The van der Waals surface area contributed by atoms with Gasteiger partial charge in [-0.2, -0.15) is 5.11 Å². The lowest BCUT2D eigenvalue weighted by Crippen LogP contribution is -2.22. The van der Waals surface area contributed by atoms with Gasteiger partial charge in [0.2, 0.25) is 0 Å². The summed E-state index contributed by atoms with van der Waals surface area (Å²) in [5.41, 5.74) is 2.50. The van der Waals surface area contributed by atoms with Crippen LogP contribution in [0.5, 0.6) is 0 Å². The number of rotatable bonds is 1. The van der Waals surface area contributed by atoms with Crippen LogP contribution in [0.3, 0.4) is 0 Å². The summed E-state index contributed by atoms with van der Waals surface area (Å²) in [5, 5.41) is 6.90. The lowest BCUT2D eigenvalue weighted by atomic mass is 10.4. The zero-order valence-corrected chi connectivity index (χ0v) is 3.66. The third-order valence-corrected chi connectivity index (χ3v) is 0.737. The summed E-state index contributed by atoms with van der Waals surface area (Å²) in [6.07, 6.45) is 0.792. The van der Waals surface area contributed by atoms with Gasteiger partial charge < -0.3 is 4.79 Å². The van der Waals surface area contributed by atoms with E-state index in [4.69, 9.17) is 0 Å². The highest BCUT2D eigenvalue weighted by atomic mass is 16.1. The molecule has 1 N–H and O–H groups in total. The second kappa shape index (κ2) is 1.68. The minimum atomic E-state index is -0.167. The third kappa shape index (κ3) is 0.734. The molecule has 0 saturated heterocycles. The molecular formula is C3H5N3O. The Bertz CT molecular complexity index is 92.4. The van der Waals surface area contributed by atoms with E-state index in [-0.39, 0.29) is 6.04 Å². The number of hydrogen-bond donors (Lipinski definition) is 1. The Balaban J connectivity index is 2.35. The van der Waals surface area contributed by atoms with Crippen molar-refractivity contribution in [3.63, 3.8) is 0 Å². The van der Waals surface area contributed by atoms with Gasteiger partial charge in [-0.15, -0.1) is 0 Å². The molecule has 0 saturated carbocycles. The maximum Gasteiger partial charge on any atom is 0.145 e. The Morgan fingerprint density at radius 1 is 1.86 bits per heavy atom. The molecule has 0 aromatic rings. The van der Waals surface area contributed by atoms with E-state index >= 15 is 0 Å². The van der Waals surface area contributed by atoms with Gasteiger partial charge in [0.05, 0.1) is 6.54 Å². The van der Waals surface area contributed by atoms with Crippen molar-refractivity contribution >= 4 is 6.29 Å². The average Bonchev–Trinajstić information content (AvgIpc) is 2.14. The van der Waals surface area contributed by atoms with Crippen LogP contribution in [0.2, 0.25) is 0 Å². The molecule has 0 bridgehead atoms. The van der Waals surface area contributed by atoms with E-state index in [1.165, 1.54) is 0 Å². The largest absolute Gasteiger partial charge is 0.301 e. The van der Waals surface area contributed by atoms with Crippen molar-refractivity contribution in [3.8, 4) is 0 Å². The highest BCUT2D eigenvalue weighted by Gasteiger charge is 2.07. The number of hydrogen-bond acceptors (Lipinski definition) is 4. The van der Waals surface area contributed by atoms with Gasteiger partial charge in [0.1, 0.15) is 12.3 Å². The van der Waals surface area contributed by atoms with E-state index in [0.717, 1.165) is 6.29 Å². The minimum absolute atomic E-state index is 0.167. The van der Waals surface area contributed by atoms with E-state index < -0.39 is 0 Å². The summed E-state index contributed by atoms with van der Waals surface area (Å²) < 4.78 is 0. The Kier molecular flexibility index (Phi) is 1.02. The summed E-state index contributed by atoms with van der Waals surface area (Å²) in [6.45, 7) is 0.490. The predicted octanol–water partition coefficient (Wildman–Crippen LogP) is -0.476. The van der Waals surface area contributed by atoms with Crippen LogP contribution in [0.1, 0.15) is 0 Å². The van der Waals surface area contributed by atoms with Gasteiger partial charge in [-0.25, -0.2) is 0 Å². The van der Waals surface area contributed by atoms with E-state index in [0.29, 0.717) is 6.54 Å². The molecular weight excluding hydrogens is 94.1 g/mol. The maximum absolute atomic E-state index is 9.82. The fourth-order valence-electron chi connectivity index (χ4n) is 0.358. The molecule has 0 aromatic carbocycles. The highest BCUT2D eigenvalue weighted by molar-refractivity contribution is 5.58. The molecule has 4 heteroatoms. The van der Waals surface area contributed by atoms with Gasteiger partial charge in [-0.1, -0.05) is 5.22 Å². The van der Waals surface area contributed by atoms with Crippen LogP contribution in [0, 0.1) is 0 Å². The Morgan fingerprint density at radius 2 is 2.71 bits per heavy atom. The van der Waals surface area contributed by atoms with E-state index in [1.54, 1.807) is 0 Å². The number of carbonyl (C=O) groups is 1. The van der Waals surface area contributed by atoms with Crippen molar-refractivity contribution in [1.82, 2.24) is 5.43 Å². The van der Waals surface area contributed by atoms with Crippen LogP contribution in [0.15, 0.2) is 10.3 Å². The highest BCUT2D eigenvalue weighted by Crippen LogP contribution is 1.88. The number of carbonyl (C=O) groups excluding carboxylic acids is 1. The Morgan fingerprint density at radius 3 is 3.00 bits per heavy atom.